The van der Waals surface area contributed by atoms with E-state index in [0.29, 0.717) is 24.6 Å². The summed E-state index contributed by atoms with van der Waals surface area (Å²) in [5, 5.41) is 6.39. The van der Waals surface area contributed by atoms with E-state index in [1.165, 1.54) is 6.07 Å². The lowest BCUT2D eigenvalue weighted by Gasteiger charge is -2.20. The van der Waals surface area contributed by atoms with Gasteiger partial charge in [-0.25, -0.2) is 0 Å². The first kappa shape index (κ1) is 26.0. The summed E-state index contributed by atoms with van der Waals surface area (Å²) < 4.78 is 5.69. The second-order valence-corrected chi connectivity index (χ2v) is 9.14. The van der Waals surface area contributed by atoms with Crippen molar-refractivity contribution in [3.63, 3.8) is 0 Å². The fourth-order valence-corrected chi connectivity index (χ4v) is 3.47. The van der Waals surface area contributed by atoms with Gasteiger partial charge in [-0.05, 0) is 62.3 Å². The van der Waals surface area contributed by atoms with Gasteiger partial charge in [-0.15, -0.1) is 0 Å². The first-order valence-electron chi connectivity index (χ1n) is 10.6. The highest BCUT2D eigenvalue weighted by Crippen LogP contribution is 2.21. The van der Waals surface area contributed by atoms with Gasteiger partial charge in [-0.1, -0.05) is 49.2 Å². The fourth-order valence-electron chi connectivity index (χ4n) is 2.97. The van der Waals surface area contributed by atoms with Gasteiger partial charge >= 0.3 is 0 Å². The van der Waals surface area contributed by atoms with Crippen molar-refractivity contribution in [3.05, 3.63) is 63.6 Å². The maximum Gasteiger partial charge on any atom is 0.253 e. The SMILES string of the molecule is CC(C)CC(NC(=O)c1ccc(Cl)cc1Cl)C(=O)NCc1ccc(OCCN(C)C)cc1. The number of amides is 2. The van der Waals surface area contributed by atoms with Gasteiger partial charge in [-0.3, -0.25) is 9.59 Å². The molecule has 0 aromatic heterocycles. The molecule has 1 atom stereocenters. The number of benzene rings is 2. The molecule has 174 valence electrons. The number of halogens is 2. The maximum atomic E-state index is 12.8. The third-order valence-corrected chi connectivity index (χ3v) is 5.25. The standard InChI is InChI=1S/C24H31Cl2N3O3/c1-16(2)13-22(28-23(30)20-10-7-18(25)14-21(20)26)24(31)27-15-17-5-8-19(9-6-17)32-12-11-29(3)4/h5-10,14,16,22H,11-13,15H2,1-4H3,(H,27,31)(H,28,30). The van der Waals surface area contributed by atoms with E-state index in [0.717, 1.165) is 17.9 Å². The van der Waals surface area contributed by atoms with Gasteiger partial charge in [-0.2, -0.15) is 0 Å². The van der Waals surface area contributed by atoms with E-state index < -0.39 is 11.9 Å². The third-order valence-electron chi connectivity index (χ3n) is 4.70. The zero-order valence-corrected chi connectivity index (χ0v) is 20.5. The van der Waals surface area contributed by atoms with Crippen molar-refractivity contribution < 1.29 is 14.3 Å². The molecule has 0 fully saturated rings. The lowest BCUT2D eigenvalue weighted by Crippen LogP contribution is -2.47. The summed E-state index contributed by atoms with van der Waals surface area (Å²) in [6, 6.07) is 11.6. The Kier molecular flexibility index (Phi) is 10.3. The molecule has 2 aromatic rings. The van der Waals surface area contributed by atoms with Crippen LogP contribution in [-0.4, -0.2) is 50.0 Å². The van der Waals surface area contributed by atoms with Crippen LogP contribution < -0.4 is 15.4 Å². The van der Waals surface area contributed by atoms with Gasteiger partial charge in [0, 0.05) is 18.1 Å². The Labute approximate surface area is 200 Å². The van der Waals surface area contributed by atoms with Gasteiger partial charge < -0.3 is 20.3 Å². The predicted octanol–water partition coefficient (Wildman–Crippen LogP) is 4.39. The average molecular weight is 480 g/mol. The second-order valence-electron chi connectivity index (χ2n) is 8.29. The minimum atomic E-state index is -0.678. The number of hydrogen-bond donors (Lipinski definition) is 2. The monoisotopic (exact) mass is 479 g/mol. The molecule has 0 bridgehead atoms. The highest BCUT2D eigenvalue weighted by atomic mass is 35.5. The molecule has 0 aliphatic rings. The predicted molar refractivity (Wildman–Crippen MR) is 130 cm³/mol. The van der Waals surface area contributed by atoms with E-state index in [2.05, 4.69) is 15.5 Å². The highest BCUT2D eigenvalue weighted by Gasteiger charge is 2.23. The van der Waals surface area contributed by atoms with E-state index in [-0.39, 0.29) is 22.4 Å². The molecule has 0 heterocycles. The minimum absolute atomic E-state index is 0.213. The van der Waals surface area contributed by atoms with Crippen molar-refractivity contribution in [2.75, 3.05) is 27.2 Å². The van der Waals surface area contributed by atoms with Crippen LogP contribution in [0.15, 0.2) is 42.5 Å². The molecule has 2 rings (SSSR count). The van der Waals surface area contributed by atoms with E-state index in [9.17, 15) is 9.59 Å². The zero-order chi connectivity index (χ0) is 23.7. The molecule has 2 aromatic carbocycles. The normalized spacial score (nSPS) is 12.0. The number of nitrogens with one attached hydrogen (secondary N) is 2. The molecule has 1 unspecified atom stereocenters. The summed E-state index contributed by atoms with van der Waals surface area (Å²) in [5.74, 6) is 0.340. The number of rotatable bonds is 11. The van der Waals surface area contributed by atoms with Crippen LogP contribution >= 0.6 is 23.2 Å². The fraction of sp³-hybridized carbons (Fsp3) is 0.417. The number of nitrogens with zero attached hydrogens (tertiary/aromatic N) is 1. The number of carbonyl (C=O) groups is 2. The van der Waals surface area contributed by atoms with E-state index in [1.807, 2.05) is 52.2 Å². The Balaban J connectivity index is 1.95. The van der Waals surface area contributed by atoms with Crippen LogP contribution in [0, 0.1) is 5.92 Å². The molecule has 6 nitrogen and oxygen atoms in total. The molecule has 0 aliphatic heterocycles. The number of ether oxygens (including phenoxy) is 1. The van der Waals surface area contributed by atoms with Gasteiger partial charge in [0.25, 0.3) is 5.91 Å². The van der Waals surface area contributed by atoms with Crippen LogP contribution in [0.5, 0.6) is 5.75 Å². The molecule has 2 amide bonds. The van der Waals surface area contributed by atoms with Gasteiger partial charge in [0.15, 0.2) is 0 Å². The topological polar surface area (TPSA) is 70.7 Å². The van der Waals surface area contributed by atoms with E-state index in [1.54, 1.807) is 12.1 Å². The minimum Gasteiger partial charge on any atom is -0.492 e. The third kappa shape index (κ3) is 8.69. The quantitative estimate of drug-likeness (QED) is 0.501. The largest absolute Gasteiger partial charge is 0.492 e. The molecule has 2 N–H and O–H groups in total. The van der Waals surface area contributed by atoms with Crippen LogP contribution in [0.3, 0.4) is 0 Å². The molecular weight excluding hydrogens is 449 g/mol. The van der Waals surface area contributed by atoms with E-state index in [4.69, 9.17) is 27.9 Å². The van der Waals surface area contributed by atoms with Crippen LogP contribution in [0.25, 0.3) is 0 Å². The van der Waals surface area contributed by atoms with Crippen LogP contribution in [0.4, 0.5) is 0 Å². The van der Waals surface area contributed by atoms with Crippen LogP contribution in [0.1, 0.15) is 36.2 Å². The Morgan fingerprint density at radius 2 is 1.75 bits per heavy atom. The first-order chi connectivity index (χ1) is 15.2. The van der Waals surface area contributed by atoms with Crippen molar-refractivity contribution in [1.29, 1.82) is 0 Å². The van der Waals surface area contributed by atoms with Crippen molar-refractivity contribution in [1.82, 2.24) is 15.5 Å². The van der Waals surface area contributed by atoms with Crippen molar-refractivity contribution in [2.45, 2.75) is 32.9 Å². The molecule has 0 radical (unpaired) electrons. The van der Waals surface area contributed by atoms with Crippen molar-refractivity contribution >= 4 is 35.0 Å². The smallest absolute Gasteiger partial charge is 0.253 e. The molecule has 8 heteroatoms. The summed E-state index contributed by atoms with van der Waals surface area (Å²) in [5.41, 5.74) is 1.22. The van der Waals surface area contributed by atoms with Gasteiger partial charge in [0.05, 0.1) is 10.6 Å². The van der Waals surface area contributed by atoms with Crippen LogP contribution in [-0.2, 0) is 11.3 Å². The molecule has 32 heavy (non-hydrogen) atoms. The highest BCUT2D eigenvalue weighted by molar-refractivity contribution is 6.36. The maximum absolute atomic E-state index is 12.8. The van der Waals surface area contributed by atoms with Crippen molar-refractivity contribution in [2.24, 2.45) is 5.92 Å². The molecule has 0 saturated heterocycles. The lowest BCUT2D eigenvalue weighted by molar-refractivity contribution is -0.123. The number of likely N-dealkylation sites (N-methyl/N-ethyl adjacent to an activating group) is 1. The van der Waals surface area contributed by atoms with Gasteiger partial charge in [0.2, 0.25) is 5.91 Å². The van der Waals surface area contributed by atoms with E-state index >= 15 is 0 Å². The first-order valence-corrected chi connectivity index (χ1v) is 11.3. The van der Waals surface area contributed by atoms with Crippen molar-refractivity contribution in [3.8, 4) is 5.75 Å². The summed E-state index contributed by atoms with van der Waals surface area (Å²) in [4.78, 5) is 27.6. The van der Waals surface area contributed by atoms with Gasteiger partial charge in [0.1, 0.15) is 18.4 Å². The molecular formula is C24H31Cl2N3O3. The summed E-state index contributed by atoms with van der Waals surface area (Å²) in [7, 11) is 3.99. The van der Waals surface area contributed by atoms with Crippen LogP contribution in [0.2, 0.25) is 10.0 Å². The zero-order valence-electron chi connectivity index (χ0n) is 19.0. The number of hydrogen-bond acceptors (Lipinski definition) is 4. The average Bonchev–Trinajstić information content (AvgIpc) is 2.71. The summed E-state index contributed by atoms with van der Waals surface area (Å²) in [6.45, 7) is 5.79. The summed E-state index contributed by atoms with van der Waals surface area (Å²) >= 11 is 12.0. The Bertz CT molecular complexity index is 902. The lowest BCUT2D eigenvalue weighted by atomic mass is 10.0. The Morgan fingerprint density at radius 1 is 1.06 bits per heavy atom. The molecule has 0 spiro atoms. The second kappa shape index (κ2) is 12.7. The Hall–Kier alpha value is -2.28. The molecule has 0 saturated carbocycles. The Morgan fingerprint density at radius 3 is 2.34 bits per heavy atom. The molecule has 0 aliphatic carbocycles. The summed E-state index contributed by atoms with van der Waals surface area (Å²) in [6.07, 6.45) is 0.501. The number of carbonyl (C=O) groups excluding carboxylic acids is 2.